The molecule has 2 aromatic rings. The third-order valence-corrected chi connectivity index (χ3v) is 4.36. The van der Waals surface area contributed by atoms with Gasteiger partial charge >= 0.3 is 12.1 Å². The van der Waals surface area contributed by atoms with E-state index in [4.69, 9.17) is 14.6 Å². The molecule has 0 radical (unpaired) electrons. The van der Waals surface area contributed by atoms with Crippen LogP contribution in [0.25, 0.3) is 6.08 Å². The molecule has 0 saturated heterocycles. The molecule has 0 atom stereocenters. The third kappa shape index (κ3) is 4.64. The van der Waals surface area contributed by atoms with Crippen LogP contribution in [-0.4, -0.2) is 42.6 Å². The zero-order valence-electron chi connectivity index (χ0n) is 16.7. The molecule has 0 aromatic heterocycles. The van der Waals surface area contributed by atoms with E-state index >= 15 is 0 Å². The van der Waals surface area contributed by atoms with E-state index in [0.29, 0.717) is 10.8 Å². The molecule has 2 aromatic carbocycles. The minimum atomic E-state index is -4.89. The molecule has 1 aliphatic heterocycles. The first-order chi connectivity index (χ1) is 15.2. The summed E-state index contributed by atoms with van der Waals surface area (Å²) in [5.41, 5.74) is -1.86. The second-order valence-corrected chi connectivity index (χ2v) is 6.48. The van der Waals surface area contributed by atoms with Gasteiger partial charge in [0.15, 0.2) is 17.2 Å². The van der Waals surface area contributed by atoms with Gasteiger partial charge in [-0.15, -0.1) is 0 Å². The number of hydrogen-bond donors (Lipinski definition) is 1. The van der Waals surface area contributed by atoms with Gasteiger partial charge in [0.1, 0.15) is 6.61 Å². The monoisotopic (exact) mass is 446 g/mol. The molecular weight excluding hydrogens is 429 g/mol. The third-order valence-electron chi connectivity index (χ3n) is 4.36. The van der Waals surface area contributed by atoms with Crippen molar-refractivity contribution in [3.05, 3.63) is 71.8 Å². The Kier molecular flexibility index (Phi) is 6.33. The number of carbonyl (C=O) groups is 2. The molecular formula is C22H17F3N2O5. The predicted octanol–water partition coefficient (Wildman–Crippen LogP) is 4.31. The Morgan fingerprint density at radius 1 is 1.19 bits per heavy atom. The van der Waals surface area contributed by atoms with Gasteiger partial charge in [-0.1, -0.05) is 18.7 Å². The number of hydrazone groups is 1. The smallest absolute Gasteiger partial charge is 0.435 e. The van der Waals surface area contributed by atoms with Gasteiger partial charge in [-0.2, -0.15) is 23.3 Å². The second-order valence-electron chi connectivity index (χ2n) is 6.48. The fourth-order valence-electron chi connectivity index (χ4n) is 2.88. The number of hydrogen-bond acceptors (Lipinski definition) is 5. The van der Waals surface area contributed by atoms with Crippen LogP contribution in [0.1, 0.15) is 15.9 Å². The molecule has 1 amide bonds. The molecule has 0 saturated carbocycles. The van der Waals surface area contributed by atoms with E-state index in [0.717, 1.165) is 6.08 Å². The summed E-state index contributed by atoms with van der Waals surface area (Å²) < 4.78 is 51.5. The van der Waals surface area contributed by atoms with Crippen LogP contribution in [0.4, 0.5) is 18.9 Å². The summed E-state index contributed by atoms with van der Waals surface area (Å²) in [5, 5.41) is 13.0. The molecule has 1 aliphatic rings. The van der Waals surface area contributed by atoms with Crippen molar-refractivity contribution in [1.29, 1.82) is 0 Å². The molecule has 0 aliphatic carbocycles. The number of carbonyl (C=O) groups excluding carboxylic acids is 1. The zero-order chi connectivity index (χ0) is 23.5. The summed E-state index contributed by atoms with van der Waals surface area (Å²) in [5.74, 6) is -1.60. The summed E-state index contributed by atoms with van der Waals surface area (Å²) in [7, 11) is 1.37. The number of nitrogens with zero attached hydrogens (tertiary/aromatic N) is 2. The van der Waals surface area contributed by atoms with E-state index < -0.39 is 29.3 Å². The second kappa shape index (κ2) is 8.96. The van der Waals surface area contributed by atoms with Crippen LogP contribution in [0, 0.1) is 0 Å². The maximum absolute atomic E-state index is 13.6. The fraction of sp³-hybridized carbons (Fsp3) is 0.136. The van der Waals surface area contributed by atoms with Gasteiger partial charge in [0, 0.05) is 0 Å². The van der Waals surface area contributed by atoms with Gasteiger partial charge in [-0.3, -0.25) is 4.79 Å². The van der Waals surface area contributed by atoms with Crippen LogP contribution >= 0.6 is 0 Å². The van der Waals surface area contributed by atoms with E-state index in [9.17, 15) is 22.8 Å². The van der Waals surface area contributed by atoms with Crippen molar-refractivity contribution in [1.82, 2.24) is 0 Å². The Morgan fingerprint density at radius 3 is 2.44 bits per heavy atom. The SMILES string of the molecule is C=CCOc1ccc(/C=C2\C(=O)N(c3ccc(C(=O)O)cc3)N=C2C(F)(F)F)cc1OC. The van der Waals surface area contributed by atoms with Gasteiger partial charge < -0.3 is 14.6 Å². The Hall–Kier alpha value is -4.08. The first-order valence-corrected chi connectivity index (χ1v) is 9.13. The van der Waals surface area contributed by atoms with Crippen LogP contribution in [0.15, 0.2) is 65.8 Å². The lowest BCUT2D eigenvalue weighted by Gasteiger charge is -2.12. The number of aromatic carboxylic acids is 1. The fourth-order valence-corrected chi connectivity index (χ4v) is 2.88. The molecule has 1 N–H and O–H groups in total. The molecule has 3 rings (SSSR count). The average molecular weight is 446 g/mol. The van der Waals surface area contributed by atoms with E-state index in [1.165, 1.54) is 55.7 Å². The van der Waals surface area contributed by atoms with Gasteiger partial charge in [-0.05, 0) is 48.0 Å². The molecule has 32 heavy (non-hydrogen) atoms. The summed E-state index contributed by atoms with van der Waals surface area (Å²) in [6.45, 7) is 3.74. The Morgan fingerprint density at radius 2 is 1.88 bits per heavy atom. The average Bonchev–Trinajstić information content (AvgIpc) is 3.09. The van der Waals surface area contributed by atoms with Crippen LogP contribution in [-0.2, 0) is 4.79 Å². The number of carboxylic acid groups (broad SMARTS) is 1. The lowest BCUT2D eigenvalue weighted by atomic mass is 10.1. The van der Waals surface area contributed by atoms with Crippen LogP contribution in [0.3, 0.4) is 0 Å². The highest BCUT2D eigenvalue weighted by Crippen LogP contribution is 2.34. The maximum atomic E-state index is 13.6. The number of benzene rings is 2. The minimum absolute atomic E-state index is 0.00379. The lowest BCUT2D eigenvalue weighted by Crippen LogP contribution is -2.25. The normalized spacial score (nSPS) is 15.0. The van der Waals surface area contributed by atoms with E-state index in [2.05, 4.69) is 11.7 Å². The Bertz CT molecular complexity index is 1120. The summed E-state index contributed by atoms with van der Waals surface area (Å²) >= 11 is 0. The standard InChI is InChI=1S/C22H17F3N2O5/c1-3-10-32-17-9-4-13(12-18(17)31-2)11-16-19(22(23,24)25)26-27(20(16)28)15-7-5-14(6-8-15)21(29)30/h3-9,11-12H,1,10H2,2H3,(H,29,30)/b16-11-. The Balaban J connectivity index is 2.01. The van der Waals surface area contributed by atoms with Gasteiger partial charge in [-0.25, -0.2) is 4.79 Å². The first-order valence-electron chi connectivity index (χ1n) is 9.13. The predicted molar refractivity (Wildman–Crippen MR) is 111 cm³/mol. The number of ether oxygens (including phenoxy) is 2. The minimum Gasteiger partial charge on any atom is -0.493 e. The van der Waals surface area contributed by atoms with Gasteiger partial charge in [0.05, 0.1) is 23.9 Å². The number of carboxylic acids is 1. The number of halogens is 3. The topological polar surface area (TPSA) is 88.4 Å². The number of alkyl halides is 3. The van der Waals surface area contributed by atoms with Crippen molar-refractivity contribution in [3.63, 3.8) is 0 Å². The molecule has 166 valence electrons. The molecule has 0 fully saturated rings. The number of anilines is 1. The summed E-state index contributed by atoms with van der Waals surface area (Å²) in [6.07, 6.45) is -2.31. The summed E-state index contributed by atoms with van der Waals surface area (Å²) in [4.78, 5) is 23.8. The molecule has 0 spiro atoms. The van der Waals surface area contributed by atoms with E-state index in [1.807, 2.05) is 0 Å². The highest BCUT2D eigenvalue weighted by Gasteiger charge is 2.46. The van der Waals surface area contributed by atoms with Crippen molar-refractivity contribution in [2.75, 3.05) is 18.7 Å². The van der Waals surface area contributed by atoms with Crippen molar-refractivity contribution in [2.24, 2.45) is 5.10 Å². The molecule has 10 heteroatoms. The molecule has 0 unspecified atom stereocenters. The largest absolute Gasteiger partial charge is 0.493 e. The lowest BCUT2D eigenvalue weighted by molar-refractivity contribution is -0.114. The molecule has 1 heterocycles. The number of amides is 1. The first kappa shape index (κ1) is 22.6. The number of methoxy groups -OCH3 is 1. The summed E-state index contributed by atoms with van der Waals surface area (Å²) in [6, 6.07) is 9.15. The molecule has 0 bridgehead atoms. The van der Waals surface area contributed by atoms with Crippen LogP contribution in [0.5, 0.6) is 11.5 Å². The van der Waals surface area contributed by atoms with E-state index in [-0.39, 0.29) is 29.2 Å². The van der Waals surface area contributed by atoms with Crippen molar-refractivity contribution in [3.8, 4) is 11.5 Å². The highest BCUT2D eigenvalue weighted by molar-refractivity contribution is 6.34. The maximum Gasteiger partial charge on any atom is 0.435 e. The zero-order valence-corrected chi connectivity index (χ0v) is 16.7. The van der Waals surface area contributed by atoms with Crippen molar-refractivity contribution in [2.45, 2.75) is 6.18 Å². The van der Waals surface area contributed by atoms with Gasteiger partial charge in [0.25, 0.3) is 5.91 Å². The van der Waals surface area contributed by atoms with Crippen LogP contribution < -0.4 is 14.5 Å². The highest BCUT2D eigenvalue weighted by atomic mass is 19.4. The quantitative estimate of drug-likeness (QED) is 0.506. The molecule has 7 nitrogen and oxygen atoms in total. The van der Waals surface area contributed by atoms with Gasteiger partial charge in [0.2, 0.25) is 0 Å². The van der Waals surface area contributed by atoms with Crippen molar-refractivity contribution >= 4 is 29.4 Å². The number of rotatable bonds is 7. The Labute approximate surface area is 180 Å². The van der Waals surface area contributed by atoms with Crippen LogP contribution in [0.2, 0.25) is 0 Å². The van der Waals surface area contributed by atoms with Crippen molar-refractivity contribution < 1.29 is 37.3 Å². The van der Waals surface area contributed by atoms with E-state index in [1.54, 1.807) is 0 Å².